The fraction of sp³-hybridized carbons (Fsp3) is 0.467. The molecule has 1 atom stereocenters. The molecule has 0 bridgehead atoms. The maximum atomic E-state index is 3.55. The van der Waals surface area contributed by atoms with Gasteiger partial charge in [-0.3, -0.25) is 0 Å². The lowest BCUT2D eigenvalue weighted by Gasteiger charge is -2.11. The minimum Gasteiger partial charge on any atom is -0.358 e. The van der Waals surface area contributed by atoms with Gasteiger partial charge in [-0.15, -0.1) is 0 Å². The summed E-state index contributed by atoms with van der Waals surface area (Å²) >= 11 is 0. The van der Waals surface area contributed by atoms with Gasteiger partial charge in [-0.1, -0.05) is 26.0 Å². The molecule has 3 rings (SSSR count). The van der Waals surface area contributed by atoms with Crippen molar-refractivity contribution < 1.29 is 2.85 Å². The second kappa shape index (κ2) is 4.92. The van der Waals surface area contributed by atoms with Crippen LogP contribution in [0.25, 0.3) is 10.9 Å². The normalized spacial score (nSPS) is 18.5. The lowest BCUT2D eigenvalue weighted by molar-refractivity contribution is 0.588. The van der Waals surface area contributed by atoms with E-state index in [0.717, 1.165) is 13.0 Å². The zero-order valence-corrected chi connectivity index (χ0v) is 11.2. The maximum absolute atomic E-state index is 3.55. The Hall–Kier alpha value is -1.28. The standard InChI is InChI=1S/C13H16N2.C2H6.2H2/c1-8-10-4-3-5-12-13(10)11(6-7-14-8)9(2)15-12;1-2;;/h3-5,8,14-15H,6-7H2,1-2H3;1-2H3;2*1H. The lowest BCUT2D eigenvalue weighted by atomic mass is 10.0. The molecule has 1 aromatic carbocycles. The van der Waals surface area contributed by atoms with E-state index < -0.39 is 0 Å². The van der Waals surface area contributed by atoms with Crippen LogP contribution in [0.2, 0.25) is 0 Å². The van der Waals surface area contributed by atoms with Crippen LogP contribution in [-0.4, -0.2) is 11.5 Å². The number of hydrogen-bond acceptors (Lipinski definition) is 1. The first-order chi connectivity index (χ1) is 8.27. The van der Waals surface area contributed by atoms with Crippen LogP contribution in [0.3, 0.4) is 0 Å². The molecule has 0 spiro atoms. The summed E-state index contributed by atoms with van der Waals surface area (Å²) < 4.78 is 0. The van der Waals surface area contributed by atoms with E-state index in [4.69, 9.17) is 0 Å². The average molecular weight is 234 g/mol. The van der Waals surface area contributed by atoms with E-state index in [0.29, 0.717) is 6.04 Å². The van der Waals surface area contributed by atoms with Gasteiger partial charge in [0.05, 0.1) is 0 Å². The molecule has 2 aromatic rings. The molecule has 1 aromatic heterocycles. The summed E-state index contributed by atoms with van der Waals surface area (Å²) in [4.78, 5) is 3.48. The van der Waals surface area contributed by atoms with E-state index in [1.165, 1.54) is 27.7 Å². The molecule has 0 amide bonds. The van der Waals surface area contributed by atoms with Gasteiger partial charge < -0.3 is 10.3 Å². The number of rotatable bonds is 0. The monoisotopic (exact) mass is 234 g/mol. The Labute approximate surface area is 106 Å². The van der Waals surface area contributed by atoms with Crippen LogP contribution in [0.4, 0.5) is 0 Å². The van der Waals surface area contributed by atoms with Crippen LogP contribution in [0.1, 0.15) is 46.5 Å². The first-order valence-electron chi connectivity index (χ1n) is 6.61. The van der Waals surface area contributed by atoms with Gasteiger partial charge >= 0.3 is 0 Å². The summed E-state index contributed by atoms with van der Waals surface area (Å²) in [7, 11) is 0. The highest BCUT2D eigenvalue weighted by molar-refractivity contribution is 5.88. The number of aromatic amines is 1. The van der Waals surface area contributed by atoms with Gasteiger partial charge in [0.2, 0.25) is 0 Å². The van der Waals surface area contributed by atoms with E-state index in [2.05, 4.69) is 42.3 Å². The summed E-state index contributed by atoms with van der Waals surface area (Å²) in [6, 6.07) is 7.02. The third-order valence-electron chi connectivity index (χ3n) is 3.47. The highest BCUT2D eigenvalue weighted by Gasteiger charge is 2.18. The zero-order chi connectivity index (χ0) is 12.4. The van der Waals surface area contributed by atoms with Crippen molar-refractivity contribution in [3.63, 3.8) is 0 Å². The number of nitrogens with one attached hydrogen (secondary N) is 2. The second-order valence-corrected chi connectivity index (χ2v) is 4.42. The van der Waals surface area contributed by atoms with Crippen molar-refractivity contribution >= 4 is 10.9 Å². The molecule has 1 aliphatic heterocycles. The molecule has 0 saturated carbocycles. The number of aryl methyl sites for hydroxylation is 1. The summed E-state index contributed by atoms with van der Waals surface area (Å²) in [6.07, 6.45) is 1.13. The summed E-state index contributed by atoms with van der Waals surface area (Å²) in [5.74, 6) is 0. The predicted octanol–water partition coefficient (Wildman–Crippen LogP) is 4.20. The van der Waals surface area contributed by atoms with Gasteiger partial charge in [0.1, 0.15) is 0 Å². The van der Waals surface area contributed by atoms with E-state index >= 15 is 0 Å². The van der Waals surface area contributed by atoms with Crippen LogP contribution >= 0.6 is 0 Å². The highest BCUT2D eigenvalue weighted by atomic mass is 14.9. The maximum Gasteiger partial charge on any atom is 0.0462 e. The van der Waals surface area contributed by atoms with Crippen molar-refractivity contribution in [2.75, 3.05) is 6.54 Å². The van der Waals surface area contributed by atoms with E-state index in [9.17, 15) is 0 Å². The molecule has 1 unspecified atom stereocenters. The molecule has 2 nitrogen and oxygen atoms in total. The van der Waals surface area contributed by atoms with Gasteiger partial charge in [-0.25, -0.2) is 0 Å². The van der Waals surface area contributed by atoms with E-state index in [1.54, 1.807) is 0 Å². The number of H-pyrrole nitrogens is 1. The molecule has 2 heteroatoms. The Kier molecular flexibility index (Phi) is 3.53. The van der Waals surface area contributed by atoms with Gasteiger partial charge in [0.25, 0.3) is 0 Å². The van der Waals surface area contributed by atoms with Crippen molar-refractivity contribution in [1.29, 1.82) is 0 Å². The number of hydrogen-bond donors (Lipinski definition) is 2. The highest BCUT2D eigenvalue weighted by Crippen LogP contribution is 2.31. The number of benzene rings is 1. The van der Waals surface area contributed by atoms with E-state index in [1.807, 2.05) is 13.8 Å². The topological polar surface area (TPSA) is 27.8 Å². The predicted molar refractivity (Wildman–Crippen MR) is 78.7 cm³/mol. The summed E-state index contributed by atoms with van der Waals surface area (Å²) in [5, 5.41) is 5.00. The molecule has 0 fully saturated rings. The van der Waals surface area contributed by atoms with Crippen LogP contribution in [0.5, 0.6) is 0 Å². The van der Waals surface area contributed by atoms with Crippen LogP contribution in [0, 0.1) is 6.92 Å². The quantitative estimate of drug-likeness (QED) is 0.702. The molecule has 0 radical (unpaired) electrons. The van der Waals surface area contributed by atoms with Gasteiger partial charge in [0, 0.05) is 25.5 Å². The SMILES string of the molecule is CC.Cc1[nH]c2cccc3c2c1CCNC3C.[HH].[HH]. The fourth-order valence-electron chi connectivity index (χ4n) is 2.67. The minimum absolute atomic E-state index is 0. The minimum atomic E-state index is 0. The third-order valence-corrected chi connectivity index (χ3v) is 3.47. The first kappa shape index (κ1) is 12.2. The molecule has 1 aliphatic rings. The van der Waals surface area contributed by atoms with Crippen molar-refractivity contribution in [2.45, 2.75) is 40.2 Å². The number of aromatic nitrogens is 1. The Balaban J connectivity index is 0.000000776. The van der Waals surface area contributed by atoms with Gasteiger partial charge in [-0.2, -0.15) is 0 Å². The molecular formula is C15H26N2. The smallest absolute Gasteiger partial charge is 0.0462 e. The Morgan fingerprint density at radius 1 is 1.29 bits per heavy atom. The Morgan fingerprint density at radius 2 is 2.06 bits per heavy atom. The molecule has 17 heavy (non-hydrogen) atoms. The molecule has 2 heterocycles. The van der Waals surface area contributed by atoms with Gasteiger partial charge in [-0.05, 0) is 44.0 Å². The van der Waals surface area contributed by atoms with Crippen LogP contribution < -0.4 is 5.32 Å². The fourth-order valence-corrected chi connectivity index (χ4v) is 2.67. The Morgan fingerprint density at radius 3 is 2.82 bits per heavy atom. The Bertz CT molecular complexity index is 520. The van der Waals surface area contributed by atoms with Crippen molar-refractivity contribution in [1.82, 2.24) is 10.3 Å². The van der Waals surface area contributed by atoms with E-state index in [-0.39, 0.29) is 2.85 Å². The largest absolute Gasteiger partial charge is 0.358 e. The first-order valence-corrected chi connectivity index (χ1v) is 6.61. The molecule has 0 aliphatic carbocycles. The second-order valence-electron chi connectivity index (χ2n) is 4.42. The molecular weight excluding hydrogens is 208 g/mol. The van der Waals surface area contributed by atoms with Crippen molar-refractivity contribution in [3.8, 4) is 0 Å². The summed E-state index contributed by atoms with van der Waals surface area (Å²) in [5.41, 5.74) is 5.55. The van der Waals surface area contributed by atoms with Crippen LogP contribution in [-0.2, 0) is 6.42 Å². The van der Waals surface area contributed by atoms with Gasteiger partial charge in [0.15, 0.2) is 0 Å². The summed E-state index contributed by atoms with van der Waals surface area (Å²) in [6.45, 7) is 9.49. The zero-order valence-electron chi connectivity index (χ0n) is 11.2. The average Bonchev–Trinajstić information content (AvgIpc) is 2.56. The molecule has 0 saturated heterocycles. The van der Waals surface area contributed by atoms with Crippen LogP contribution in [0.15, 0.2) is 18.2 Å². The third kappa shape index (κ3) is 1.98. The van der Waals surface area contributed by atoms with Crippen molar-refractivity contribution in [2.24, 2.45) is 0 Å². The van der Waals surface area contributed by atoms with Crippen molar-refractivity contribution in [3.05, 3.63) is 35.0 Å². The molecule has 96 valence electrons. The molecule has 2 N–H and O–H groups in total. The lowest BCUT2D eigenvalue weighted by Crippen LogP contribution is -2.19.